The summed E-state index contributed by atoms with van der Waals surface area (Å²) in [7, 11) is 0. The lowest BCUT2D eigenvalue weighted by Crippen LogP contribution is -2.38. The van der Waals surface area contributed by atoms with Crippen LogP contribution in [0.15, 0.2) is 24.4 Å². The summed E-state index contributed by atoms with van der Waals surface area (Å²) in [5.74, 6) is 0. The zero-order chi connectivity index (χ0) is 11.3. The van der Waals surface area contributed by atoms with Crippen LogP contribution >= 0.6 is 0 Å². The Morgan fingerprint density at radius 2 is 2.27 bits per heavy atom. The van der Waals surface area contributed by atoms with Crippen molar-refractivity contribution in [3.05, 3.63) is 30.1 Å². The molecule has 3 nitrogen and oxygen atoms in total. The van der Waals surface area contributed by atoms with Gasteiger partial charge in [0.15, 0.2) is 0 Å². The predicted molar refractivity (Wildman–Crippen MR) is 61.6 cm³/mol. The zero-order valence-corrected chi connectivity index (χ0v) is 9.70. The van der Waals surface area contributed by atoms with Crippen LogP contribution in [0, 0.1) is 0 Å². The van der Waals surface area contributed by atoms with Gasteiger partial charge in [-0.1, -0.05) is 13.0 Å². The molecule has 0 amide bonds. The largest absolute Gasteiger partial charge is 0.389 e. The van der Waals surface area contributed by atoms with Crippen molar-refractivity contribution in [3.8, 4) is 0 Å². The van der Waals surface area contributed by atoms with E-state index in [1.54, 1.807) is 6.20 Å². The Balaban J connectivity index is 2.47. The van der Waals surface area contributed by atoms with Crippen molar-refractivity contribution < 1.29 is 5.11 Å². The summed E-state index contributed by atoms with van der Waals surface area (Å²) in [5.41, 5.74) is 0.368. The van der Waals surface area contributed by atoms with Gasteiger partial charge in [0.05, 0.1) is 11.3 Å². The minimum absolute atomic E-state index is 0.171. The van der Waals surface area contributed by atoms with E-state index >= 15 is 0 Å². The van der Waals surface area contributed by atoms with Crippen LogP contribution < -0.4 is 5.32 Å². The molecule has 1 rings (SSSR count). The van der Waals surface area contributed by atoms with Gasteiger partial charge in [0, 0.05) is 18.8 Å². The van der Waals surface area contributed by atoms with Crippen molar-refractivity contribution >= 4 is 0 Å². The molecule has 15 heavy (non-hydrogen) atoms. The van der Waals surface area contributed by atoms with Gasteiger partial charge in [-0.2, -0.15) is 0 Å². The van der Waals surface area contributed by atoms with Crippen LogP contribution in [0.2, 0.25) is 0 Å². The van der Waals surface area contributed by atoms with Crippen LogP contribution in [-0.4, -0.2) is 22.2 Å². The number of nitrogens with zero attached hydrogens (tertiary/aromatic N) is 1. The lowest BCUT2D eigenvalue weighted by Gasteiger charge is -2.24. The minimum atomic E-state index is -0.636. The van der Waals surface area contributed by atoms with Crippen LogP contribution in [0.5, 0.6) is 0 Å². The molecule has 1 heterocycles. The molecule has 0 bridgehead atoms. The van der Waals surface area contributed by atoms with E-state index < -0.39 is 5.60 Å². The molecule has 2 unspecified atom stereocenters. The fourth-order valence-electron chi connectivity index (χ4n) is 1.23. The van der Waals surface area contributed by atoms with E-state index in [1.807, 2.05) is 39.0 Å². The lowest BCUT2D eigenvalue weighted by atomic mass is 10.0. The zero-order valence-electron chi connectivity index (χ0n) is 9.70. The van der Waals surface area contributed by atoms with Crippen molar-refractivity contribution in [1.29, 1.82) is 0 Å². The standard InChI is InChI=1S/C12H20N2O/c1-4-12(3,15)9-14-10(2)11-7-5-6-8-13-11/h5-8,10,14-15H,4,9H2,1-3H3. The molecule has 0 aliphatic carbocycles. The Hall–Kier alpha value is -0.930. The molecule has 3 heteroatoms. The SMILES string of the molecule is CCC(C)(O)CNC(C)c1ccccn1. The Morgan fingerprint density at radius 1 is 1.53 bits per heavy atom. The van der Waals surface area contributed by atoms with Crippen molar-refractivity contribution in [3.63, 3.8) is 0 Å². The van der Waals surface area contributed by atoms with Crippen molar-refractivity contribution in [2.24, 2.45) is 0 Å². The van der Waals surface area contributed by atoms with Gasteiger partial charge in [-0.05, 0) is 32.4 Å². The molecule has 2 N–H and O–H groups in total. The summed E-state index contributed by atoms with van der Waals surface area (Å²) in [6.07, 6.45) is 2.53. The van der Waals surface area contributed by atoms with Gasteiger partial charge in [0.1, 0.15) is 0 Å². The fraction of sp³-hybridized carbons (Fsp3) is 0.583. The maximum absolute atomic E-state index is 9.84. The molecule has 0 fully saturated rings. The van der Waals surface area contributed by atoms with E-state index in [2.05, 4.69) is 10.3 Å². The molecule has 84 valence electrons. The maximum atomic E-state index is 9.84. The van der Waals surface area contributed by atoms with E-state index in [9.17, 15) is 5.11 Å². The van der Waals surface area contributed by atoms with Gasteiger partial charge in [-0.15, -0.1) is 0 Å². The Kier molecular flexibility index (Phi) is 4.24. The van der Waals surface area contributed by atoms with Crippen LogP contribution in [0.3, 0.4) is 0 Å². The van der Waals surface area contributed by atoms with Gasteiger partial charge < -0.3 is 10.4 Å². The molecular formula is C12H20N2O. The number of hydrogen-bond donors (Lipinski definition) is 2. The third-order valence-corrected chi connectivity index (χ3v) is 2.68. The van der Waals surface area contributed by atoms with Crippen molar-refractivity contribution in [1.82, 2.24) is 10.3 Å². The summed E-state index contributed by atoms with van der Waals surface area (Å²) in [5, 5.41) is 13.1. The summed E-state index contributed by atoms with van der Waals surface area (Å²) >= 11 is 0. The molecule has 0 saturated heterocycles. The van der Waals surface area contributed by atoms with E-state index in [0.29, 0.717) is 6.54 Å². The summed E-state index contributed by atoms with van der Waals surface area (Å²) in [6, 6.07) is 6.03. The second-order valence-corrected chi connectivity index (χ2v) is 4.21. The summed E-state index contributed by atoms with van der Waals surface area (Å²) in [4.78, 5) is 4.26. The molecule has 0 saturated carbocycles. The van der Waals surface area contributed by atoms with Crippen LogP contribution in [0.4, 0.5) is 0 Å². The van der Waals surface area contributed by atoms with E-state index in [-0.39, 0.29) is 6.04 Å². The smallest absolute Gasteiger partial charge is 0.0741 e. The number of nitrogens with one attached hydrogen (secondary N) is 1. The third-order valence-electron chi connectivity index (χ3n) is 2.68. The van der Waals surface area contributed by atoms with Crippen LogP contribution in [0.1, 0.15) is 38.9 Å². The van der Waals surface area contributed by atoms with Gasteiger partial charge >= 0.3 is 0 Å². The number of pyridine rings is 1. The maximum Gasteiger partial charge on any atom is 0.0741 e. The number of aromatic nitrogens is 1. The Labute approximate surface area is 91.5 Å². The average molecular weight is 208 g/mol. The lowest BCUT2D eigenvalue weighted by molar-refractivity contribution is 0.0532. The van der Waals surface area contributed by atoms with Crippen LogP contribution in [0.25, 0.3) is 0 Å². The third kappa shape index (κ3) is 3.98. The van der Waals surface area contributed by atoms with Gasteiger partial charge in [-0.3, -0.25) is 4.98 Å². The first-order chi connectivity index (χ1) is 7.05. The Morgan fingerprint density at radius 3 is 2.80 bits per heavy atom. The molecule has 0 aliphatic heterocycles. The number of aliphatic hydroxyl groups is 1. The molecule has 0 radical (unpaired) electrons. The first-order valence-electron chi connectivity index (χ1n) is 5.42. The highest BCUT2D eigenvalue weighted by Crippen LogP contribution is 2.11. The van der Waals surface area contributed by atoms with E-state index in [1.165, 1.54) is 0 Å². The first kappa shape index (κ1) is 12.1. The normalized spacial score (nSPS) is 17.1. The van der Waals surface area contributed by atoms with E-state index in [4.69, 9.17) is 0 Å². The first-order valence-corrected chi connectivity index (χ1v) is 5.42. The number of hydrogen-bond acceptors (Lipinski definition) is 3. The van der Waals surface area contributed by atoms with Crippen LogP contribution in [-0.2, 0) is 0 Å². The fourth-order valence-corrected chi connectivity index (χ4v) is 1.23. The predicted octanol–water partition coefficient (Wildman–Crippen LogP) is 1.89. The second kappa shape index (κ2) is 5.24. The van der Waals surface area contributed by atoms with Gasteiger partial charge in [-0.25, -0.2) is 0 Å². The number of rotatable bonds is 5. The molecular weight excluding hydrogens is 188 g/mol. The topological polar surface area (TPSA) is 45.1 Å². The molecule has 1 aromatic heterocycles. The quantitative estimate of drug-likeness (QED) is 0.776. The van der Waals surface area contributed by atoms with Crippen molar-refractivity contribution in [2.75, 3.05) is 6.54 Å². The Bertz CT molecular complexity index is 285. The summed E-state index contributed by atoms with van der Waals surface area (Å²) < 4.78 is 0. The minimum Gasteiger partial charge on any atom is -0.389 e. The molecule has 0 aliphatic rings. The highest BCUT2D eigenvalue weighted by atomic mass is 16.3. The molecule has 1 aromatic rings. The van der Waals surface area contributed by atoms with E-state index in [0.717, 1.165) is 12.1 Å². The monoisotopic (exact) mass is 208 g/mol. The summed E-state index contributed by atoms with van der Waals surface area (Å²) in [6.45, 7) is 6.45. The molecule has 0 spiro atoms. The molecule has 2 atom stereocenters. The highest BCUT2D eigenvalue weighted by Gasteiger charge is 2.18. The average Bonchev–Trinajstić information content (AvgIpc) is 2.27. The van der Waals surface area contributed by atoms with Gasteiger partial charge in [0.25, 0.3) is 0 Å². The molecule has 0 aromatic carbocycles. The van der Waals surface area contributed by atoms with Gasteiger partial charge in [0.2, 0.25) is 0 Å². The highest BCUT2D eigenvalue weighted by molar-refractivity contribution is 5.07. The second-order valence-electron chi connectivity index (χ2n) is 4.21. The van der Waals surface area contributed by atoms with Crippen molar-refractivity contribution in [2.45, 2.75) is 38.8 Å².